The van der Waals surface area contributed by atoms with E-state index in [1.54, 1.807) is 7.11 Å². The standard InChI is InChI=1S/C25H27N3O4/c1-3-31-19-12-8-17(9-13-19)24-21-22(16-6-10-18(30-2)11-7-16)26-27-23(21)25(29)28(24)15-20-5-4-14-32-20/h6-13,20,24H,3-5,14-15H2,1-2H3,(H,26,27). The highest BCUT2D eigenvalue weighted by Crippen LogP contribution is 2.43. The molecule has 0 spiro atoms. The molecule has 1 fully saturated rings. The number of methoxy groups -OCH3 is 1. The Labute approximate surface area is 187 Å². The maximum atomic E-state index is 13.4. The van der Waals surface area contributed by atoms with Gasteiger partial charge in [0.05, 0.1) is 31.6 Å². The van der Waals surface area contributed by atoms with Crippen LogP contribution in [0.15, 0.2) is 48.5 Å². The van der Waals surface area contributed by atoms with Gasteiger partial charge in [0, 0.05) is 24.3 Å². The largest absolute Gasteiger partial charge is 0.497 e. The Kier molecular flexibility index (Phi) is 5.57. The molecule has 32 heavy (non-hydrogen) atoms. The SMILES string of the molecule is CCOc1ccc(C2c3c(-c4ccc(OC)cc4)n[nH]c3C(=O)N2CC2CCCO2)cc1. The van der Waals surface area contributed by atoms with Gasteiger partial charge in [-0.15, -0.1) is 0 Å². The van der Waals surface area contributed by atoms with E-state index in [2.05, 4.69) is 10.2 Å². The number of hydrogen-bond donors (Lipinski definition) is 1. The molecule has 3 aromatic rings. The van der Waals surface area contributed by atoms with Crippen molar-refractivity contribution in [2.45, 2.75) is 31.9 Å². The molecule has 0 radical (unpaired) electrons. The predicted molar refractivity (Wildman–Crippen MR) is 120 cm³/mol. The lowest BCUT2D eigenvalue weighted by atomic mass is 9.95. The fraction of sp³-hybridized carbons (Fsp3) is 0.360. The van der Waals surface area contributed by atoms with Crippen molar-refractivity contribution in [1.82, 2.24) is 15.1 Å². The first-order chi connectivity index (χ1) is 15.7. The van der Waals surface area contributed by atoms with E-state index < -0.39 is 0 Å². The fourth-order valence-electron chi connectivity index (χ4n) is 4.62. The van der Waals surface area contributed by atoms with Crippen molar-refractivity contribution in [2.75, 3.05) is 26.9 Å². The summed E-state index contributed by atoms with van der Waals surface area (Å²) in [7, 11) is 1.64. The number of aromatic nitrogens is 2. The fourth-order valence-corrected chi connectivity index (χ4v) is 4.62. The number of carbonyl (C=O) groups is 1. The molecule has 2 aliphatic rings. The summed E-state index contributed by atoms with van der Waals surface area (Å²) in [6.45, 7) is 3.89. The molecule has 166 valence electrons. The van der Waals surface area contributed by atoms with E-state index in [1.165, 1.54) is 0 Å². The summed E-state index contributed by atoms with van der Waals surface area (Å²) >= 11 is 0. The maximum absolute atomic E-state index is 13.4. The Morgan fingerprint density at radius 1 is 1.12 bits per heavy atom. The van der Waals surface area contributed by atoms with E-state index in [0.29, 0.717) is 18.8 Å². The lowest BCUT2D eigenvalue weighted by Crippen LogP contribution is -2.36. The van der Waals surface area contributed by atoms with E-state index in [0.717, 1.165) is 53.3 Å². The van der Waals surface area contributed by atoms with Gasteiger partial charge in [-0.25, -0.2) is 0 Å². The quantitative estimate of drug-likeness (QED) is 0.604. The van der Waals surface area contributed by atoms with Gasteiger partial charge in [-0.2, -0.15) is 5.10 Å². The summed E-state index contributed by atoms with van der Waals surface area (Å²) in [5.74, 6) is 1.55. The molecular weight excluding hydrogens is 406 g/mol. The topological polar surface area (TPSA) is 76.7 Å². The van der Waals surface area contributed by atoms with Gasteiger partial charge in [0.25, 0.3) is 5.91 Å². The summed E-state index contributed by atoms with van der Waals surface area (Å²) in [6, 6.07) is 15.5. The van der Waals surface area contributed by atoms with Crippen LogP contribution in [0.3, 0.4) is 0 Å². The minimum atomic E-state index is -0.242. The normalized spacial score (nSPS) is 19.9. The van der Waals surface area contributed by atoms with Crippen LogP contribution in [0.25, 0.3) is 11.3 Å². The average molecular weight is 434 g/mol. The molecule has 2 unspecified atom stereocenters. The van der Waals surface area contributed by atoms with Gasteiger partial charge in [0.1, 0.15) is 17.2 Å². The first kappa shape index (κ1) is 20.6. The molecule has 5 rings (SSSR count). The second kappa shape index (κ2) is 8.67. The Balaban J connectivity index is 1.57. The molecule has 1 saturated heterocycles. The summed E-state index contributed by atoms with van der Waals surface area (Å²) in [6.07, 6.45) is 2.06. The van der Waals surface area contributed by atoms with E-state index in [-0.39, 0.29) is 18.1 Å². The van der Waals surface area contributed by atoms with Gasteiger partial charge in [-0.05, 0) is 61.7 Å². The zero-order valence-electron chi connectivity index (χ0n) is 18.3. The number of benzene rings is 2. The van der Waals surface area contributed by atoms with Gasteiger partial charge >= 0.3 is 0 Å². The highest BCUT2D eigenvalue weighted by atomic mass is 16.5. The number of carbonyl (C=O) groups excluding carboxylic acids is 1. The molecule has 2 atom stereocenters. The van der Waals surface area contributed by atoms with Crippen LogP contribution in [0, 0.1) is 0 Å². The summed E-state index contributed by atoms with van der Waals surface area (Å²) in [4.78, 5) is 15.4. The number of hydrogen-bond acceptors (Lipinski definition) is 5. The Morgan fingerprint density at radius 2 is 1.88 bits per heavy atom. The molecule has 0 bridgehead atoms. The third kappa shape index (κ3) is 3.62. The number of amides is 1. The highest BCUT2D eigenvalue weighted by Gasteiger charge is 2.43. The van der Waals surface area contributed by atoms with Crippen LogP contribution in [0.5, 0.6) is 11.5 Å². The molecule has 7 nitrogen and oxygen atoms in total. The molecule has 0 aliphatic carbocycles. The van der Waals surface area contributed by atoms with E-state index >= 15 is 0 Å². The van der Waals surface area contributed by atoms with Crippen LogP contribution in [-0.4, -0.2) is 54.0 Å². The lowest BCUT2D eigenvalue weighted by Gasteiger charge is -2.28. The van der Waals surface area contributed by atoms with Gasteiger partial charge in [0.2, 0.25) is 0 Å². The van der Waals surface area contributed by atoms with Gasteiger partial charge in [-0.1, -0.05) is 12.1 Å². The Bertz CT molecular complexity index is 1090. The monoisotopic (exact) mass is 433 g/mol. The van der Waals surface area contributed by atoms with Crippen LogP contribution < -0.4 is 9.47 Å². The number of rotatable bonds is 7. The first-order valence-corrected chi connectivity index (χ1v) is 11.1. The summed E-state index contributed by atoms with van der Waals surface area (Å²) < 4.78 is 16.8. The van der Waals surface area contributed by atoms with Crippen molar-refractivity contribution < 1.29 is 19.0 Å². The van der Waals surface area contributed by atoms with Crippen molar-refractivity contribution in [1.29, 1.82) is 0 Å². The highest BCUT2D eigenvalue weighted by molar-refractivity contribution is 6.00. The molecular formula is C25H27N3O4. The Hall–Kier alpha value is -3.32. The third-order valence-electron chi connectivity index (χ3n) is 6.16. The van der Waals surface area contributed by atoms with Gasteiger partial charge < -0.3 is 19.1 Å². The molecule has 1 N–H and O–H groups in total. The lowest BCUT2D eigenvalue weighted by molar-refractivity contribution is 0.0495. The van der Waals surface area contributed by atoms with Gasteiger partial charge in [0.15, 0.2) is 0 Å². The van der Waals surface area contributed by atoms with Crippen LogP contribution in [0.4, 0.5) is 0 Å². The maximum Gasteiger partial charge on any atom is 0.273 e. The van der Waals surface area contributed by atoms with Crippen molar-refractivity contribution in [3.8, 4) is 22.8 Å². The number of fused-ring (bicyclic) bond motifs is 1. The molecule has 1 amide bonds. The van der Waals surface area contributed by atoms with Crippen molar-refractivity contribution >= 4 is 5.91 Å². The molecule has 0 saturated carbocycles. The number of nitrogens with zero attached hydrogens (tertiary/aromatic N) is 2. The third-order valence-corrected chi connectivity index (χ3v) is 6.16. The smallest absolute Gasteiger partial charge is 0.273 e. The van der Waals surface area contributed by atoms with Crippen molar-refractivity contribution in [3.05, 3.63) is 65.4 Å². The second-order valence-electron chi connectivity index (χ2n) is 8.09. The molecule has 1 aromatic heterocycles. The van der Waals surface area contributed by atoms with Crippen LogP contribution in [0.1, 0.15) is 47.4 Å². The van der Waals surface area contributed by atoms with Crippen molar-refractivity contribution in [2.24, 2.45) is 0 Å². The van der Waals surface area contributed by atoms with E-state index in [1.807, 2.05) is 60.4 Å². The second-order valence-corrected chi connectivity index (χ2v) is 8.09. The summed E-state index contributed by atoms with van der Waals surface area (Å²) in [5.41, 5.74) is 4.19. The zero-order valence-corrected chi connectivity index (χ0v) is 18.3. The molecule has 2 aliphatic heterocycles. The average Bonchev–Trinajstić information content (AvgIpc) is 3.55. The minimum absolute atomic E-state index is 0.0401. The number of ether oxygens (including phenoxy) is 3. The Morgan fingerprint density at radius 3 is 2.53 bits per heavy atom. The zero-order chi connectivity index (χ0) is 22.1. The molecule has 7 heteroatoms. The summed E-state index contributed by atoms with van der Waals surface area (Å²) in [5, 5.41) is 7.55. The number of nitrogens with one attached hydrogen (secondary N) is 1. The first-order valence-electron chi connectivity index (χ1n) is 11.1. The van der Waals surface area contributed by atoms with Crippen molar-refractivity contribution in [3.63, 3.8) is 0 Å². The molecule has 2 aromatic carbocycles. The minimum Gasteiger partial charge on any atom is -0.497 e. The number of aromatic amines is 1. The molecule has 3 heterocycles. The number of H-pyrrole nitrogens is 1. The van der Waals surface area contributed by atoms with Crippen LogP contribution in [-0.2, 0) is 4.74 Å². The van der Waals surface area contributed by atoms with Gasteiger partial charge in [-0.3, -0.25) is 9.89 Å². The van der Waals surface area contributed by atoms with Crippen LogP contribution in [0.2, 0.25) is 0 Å². The van der Waals surface area contributed by atoms with Crippen LogP contribution >= 0.6 is 0 Å². The predicted octanol–water partition coefficient (Wildman–Crippen LogP) is 4.21. The van der Waals surface area contributed by atoms with E-state index in [9.17, 15) is 4.79 Å². The van der Waals surface area contributed by atoms with E-state index in [4.69, 9.17) is 14.2 Å².